The summed E-state index contributed by atoms with van der Waals surface area (Å²) in [5, 5.41) is 0. The molecule has 0 aliphatic carbocycles. The lowest BCUT2D eigenvalue weighted by atomic mass is 10.1. The Labute approximate surface area is 99.7 Å². The first-order valence-electron chi connectivity index (χ1n) is 6.27. The molecule has 0 aliphatic heterocycles. The van der Waals surface area contributed by atoms with Crippen LogP contribution in [0.25, 0.3) is 0 Å². The second kappa shape index (κ2) is 8.34. The van der Waals surface area contributed by atoms with Gasteiger partial charge in [0.25, 0.3) is 0 Å². The lowest BCUT2D eigenvalue weighted by Crippen LogP contribution is -2.39. The van der Waals surface area contributed by atoms with Gasteiger partial charge in [0.2, 0.25) is 5.91 Å². The van der Waals surface area contributed by atoms with Crippen molar-refractivity contribution in [3.63, 3.8) is 0 Å². The fourth-order valence-electron chi connectivity index (χ4n) is 1.65. The summed E-state index contributed by atoms with van der Waals surface area (Å²) in [4.78, 5) is 13.4. The van der Waals surface area contributed by atoms with Crippen molar-refractivity contribution in [3.8, 4) is 0 Å². The zero-order valence-corrected chi connectivity index (χ0v) is 11.0. The first-order valence-corrected chi connectivity index (χ1v) is 6.27. The first-order chi connectivity index (χ1) is 7.54. The minimum Gasteiger partial charge on any atom is -0.366 e. The zero-order valence-electron chi connectivity index (χ0n) is 11.0. The standard InChI is InChI=1S/C13H26N2O/c1-5-7-9-15(10-8-6-2)12(4)11(3)13(14)16/h12H,3,5-10H2,1-2,4H3,(H2,14,16). The van der Waals surface area contributed by atoms with Gasteiger partial charge in [-0.1, -0.05) is 33.3 Å². The van der Waals surface area contributed by atoms with Crippen molar-refractivity contribution in [1.82, 2.24) is 4.90 Å². The summed E-state index contributed by atoms with van der Waals surface area (Å²) in [6.45, 7) is 12.2. The van der Waals surface area contributed by atoms with Crippen LogP contribution in [0.4, 0.5) is 0 Å². The predicted molar refractivity (Wildman–Crippen MR) is 69.2 cm³/mol. The van der Waals surface area contributed by atoms with Gasteiger partial charge in [-0.15, -0.1) is 0 Å². The maximum absolute atomic E-state index is 11.1. The van der Waals surface area contributed by atoms with E-state index < -0.39 is 0 Å². The Hall–Kier alpha value is -0.830. The number of nitrogens with zero attached hydrogens (tertiary/aromatic N) is 1. The van der Waals surface area contributed by atoms with Crippen LogP contribution < -0.4 is 5.73 Å². The second-order valence-electron chi connectivity index (χ2n) is 4.31. The number of hydrogen-bond acceptors (Lipinski definition) is 2. The second-order valence-corrected chi connectivity index (χ2v) is 4.31. The molecule has 94 valence electrons. The van der Waals surface area contributed by atoms with Crippen molar-refractivity contribution < 1.29 is 4.79 Å². The van der Waals surface area contributed by atoms with Crippen LogP contribution in [0.1, 0.15) is 46.5 Å². The van der Waals surface area contributed by atoms with Gasteiger partial charge in [-0.3, -0.25) is 9.69 Å². The maximum atomic E-state index is 11.1. The van der Waals surface area contributed by atoms with E-state index in [0.717, 1.165) is 25.9 Å². The fourth-order valence-corrected chi connectivity index (χ4v) is 1.65. The number of carbonyl (C=O) groups excluding carboxylic acids is 1. The molecule has 0 saturated carbocycles. The van der Waals surface area contributed by atoms with E-state index in [1.807, 2.05) is 6.92 Å². The summed E-state index contributed by atoms with van der Waals surface area (Å²) in [7, 11) is 0. The summed E-state index contributed by atoms with van der Waals surface area (Å²) in [6, 6.07) is 0.0654. The van der Waals surface area contributed by atoms with E-state index in [4.69, 9.17) is 5.73 Å². The Morgan fingerprint density at radius 2 is 1.69 bits per heavy atom. The highest BCUT2D eigenvalue weighted by molar-refractivity contribution is 5.92. The van der Waals surface area contributed by atoms with E-state index in [9.17, 15) is 4.79 Å². The molecule has 0 bridgehead atoms. The topological polar surface area (TPSA) is 46.3 Å². The van der Waals surface area contributed by atoms with Crippen molar-refractivity contribution in [2.24, 2.45) is 5.73 Å². The van der Waals surface area contributed by atoms with Gasteiger partial charge < -0.3 is 5.73 Å². The number of rotatable bonds is 9. The number of nitrogens with two attached hydrogens (primary N) is 1. The van der Waals surface area contributed by atoms with E-state index in [1.54, 1.807) is 0 Å². The molecular formula is C13H26N2O. The number of primary amides is 1. The summed E-state index contributed by atoms with van der Waals surface area (Å²) in [5.41, 5.74) is 5.79. The van der Waals surface area contributed by atoms with Crippen molar-refractivity contribution in [3.05, 3.63) is 12.2 Å². The van der Waals surface area contributed by atoms with Crippen molar-refractivity contribution in [2.75, 3.05) is 13.1 Å². The Morgan fingerprint density at radius 3 is 2.00 bits per heavy atom. The third-order valence-corrected chi connectivity index (χ3v) is 2.97. The largest absolute Gasteiger partial charge is 0.366 e. The van der Waals surface area contributed by atoms with Crippen LogP contribution in [0, 0.1) is 0 Å². The minimum absolute atomic E-state index is 0.0654. The smallest absolute Gasteiger partial charge is 0.245 e. The molecule has 0 saturated heterocycles. The molecule has 0 aromatic carbocycles. The summed E-state index contributed by atoms with van der Waals surface area (Å²) >= 11 is 0. The molecule has 0 rings (SSSR count). The summed E-state index contributed by atoms with van der Waals surface area (Å²) in [5.74, 6) is -0.384. The highest BCUT2D eigenvalue weighted by atomic mass is 16.1. The average molecular weight is 226 g/mol. The number of carbonyl (C=O) groups is 1. The molecule has 0 aromatic rings. The van der Waals surface area contributed by atoms with Crippen LogP contribution in [-0.2, 0) is 4.79 Å². The number of unbranched alkanes of at least 4 members (excludes halogenated alkanes) is 2. The Balaban J connectivity index is 4.35. The van der Waals surface area contributed by atoms with Crippen molar-refractivity contribution in [2.45, 2.75) is 52.5 Å². The molecule has 3 nitrogen and oxygen atoms in total. The third-order valence-electron chi connectivity index (χ3n) is 2.97. The van der Waals surface area contributed by atoms with Crippen LogP contribution >= 0.6 is 0 Å². The van der Waals surface area contributed by atoms with Gasteiger partial charge in [-0.05, 0) is 32.9 Å². The third kappa shape index (κ3) is 5.31. The number of amides is 1. The van der Waals surface area contributed by atoms with Crippen LogP contribution in [-0.4, -0.2) is 29.9 Å². The molecule has 0 heterocycles. The molecule has 0 fully saturated rings. The monoisotopic (exact) mass is 226 g/mol. The lowest BCUT2D eigenvalue weighted by molar-refractivity contribution is -0.115. The Morgan fingerprint density at radius 1 is 1.25 bits per heavy atom. The van der Waals surface area contributed by atoms with Crippen molar-refractivity contribution >= 4 is 5.91 Å². The molecule has 0 radical (unpaired) electrons. The predicted octanol–water partition coefficient (Wildman–Crippen LogP) is 2.32. The van der Waals surface area contributed by atoms with Crippen LogP contribution in [0.2, 0.25) is 0 Å². The van der Waals surface area contributed by atoms with Gasteiger partial charge >= 0.3 is 0 Å². The van der Waals surface area contributed by atoms with Crippen LogP contribution in [0.5, 0.6) is 0 Å². The van der Waals surface area contributed by atoms with Gasteiger partial charge in [0.15, 0.2) is 0 Å². The van der Waals surface area contributed by atoms with E-state index in [1.165, 1.54) is 12.8 Å². The molecular weight excluding hydrogens is 200 g/mol. The van der Waals surface area contributed by atoms with E-state index in [0.29, 0.717) is 5.57 Å². The van der Waals surface area contributed by atoms with Gasteiger partial charge in [0.1, 0.15) is 0 Å². The quantitative estimate of drug-likeness (QED) is 0.613. The highest BCUT2D eigenvalue weighted by Gasteiger charge is 2.18. The molecule has 16 heavy (non-hydrogen) atoms. The van der Waals surface area contributed by atoms with Gasteiger partial charge in [0, 0.05) is 11.6 Å². The van der Waals surface area contributed by atoms with Crippen LogP contribution in [0.15, 0.2) is 12.2 Å². The molecule has 1 amide bonds. The first kappa shape index (κ1) is 15.2. The minimum atomic E-state index is -0.384. The number of hydrogen-bond donors (Lipinski definition) is 1. The molecule has 1 unspecified atom stereocenters. The molecule has 0 aromatic heterocycles. The summed E-state index contributed by atoms with van der Waals surface area (Å²) < 4.78 is 0. The van der Waals surface area contributed by atoms with Gasteiger partial charge in [-0.2, -0.15) is 0 Å². The van der Waals surface area contributed by atoms with E-state index >= 15 is 0 Å². The summed E-state index contributed by atoms with van der Waals surface area (Å²) in [6.07, 6.45) is 4.64. The highest BCUT2D eigenvalue weighted by Crippen LogP contribution is 2.11. The van der Waals surface area contributed by atoms with Gasteiger partial charge in [0.05, 0.1) is 0 Å². The van der Waals surface area contributed by atoms with E-state index in [-0.39, 0.29) is 11.9 Å². The Bertz CT molecular complexity index is 218. The molecule has 3 heteroatoms. The molecule has 0 aliphatic rings. The molecule has 0 spiro atoms. The van der Waals surface area contributed by atoms with Gasteiger partial charge in [-0.25, -0.2) is 0 Å². The molecule has 2 N–H and O–H groups in total. The van der Waals surface area contributed by atoms with E-state index in [2.05, 4.69) is 25.3 Å². The van der Waals surface area contributed by atoms with Crippen molar-refractivity contribution in [1.29, 1.82) is 0 Å². The normalized spacial score (nSPS) is 12.8. The average Bonchev–Trinajstić information content (AvgIpc) is 2.27. The lowest BCUT2D eigenvalue weighted by Gasteiger charge is -2.29. The zero-order chi connectivity index (χ0) is 12.6. The SMILES string of the molecule is C=C(C(N)=O)C(C)N(CCCC)CCCC. The maximum Gasteiger partial charge on any atom is 0.245 e. The Kier molecular flexibility index (Phi) is 7.90. The fraction of sp³-hybridized carbons (Fsp3) is 0.769. The molecule has 1 atom stereocenters. The van der Waals surface area contributed by atoms with Crippen LogP contribution in [0.3, 0.4) is 0 Å².